The van der Waals surface area contributed by atoms with Crippen LogP contribution in [0.1, 0.15) is 64.0 Å². The molecule has 0 aliphatic carbocycles. The molecule has 0 saturated heterocycles. The SMILES string of the molecule is CCN(CCCCCC(C)F)CCCC(O)c1ccc(NS(C)(=O)=O)cc1. The normalized spacial score (nSPS) is 14.3. The summed E-state index contributed by atoms with van der Waals surface area (Å²) in [5.74, 6) is 0. The minimum atomic E-state index is -3.29. The molecule has 156 valence electrons. The van der Waals surface area contributed by atoms with Crippen LogP contribution in [-0.4, -0.2) is 50.5 Å². The summed E-state index contributed by atoms with van der Waals surface area (Å²) in [6.45, 7) is 6.66. The van der Waals surface area contributed by atoms with Crippen molar-refractivity contribution in [2.24, 2.45) is 0 Å². The number of sulfonamides is 1. The quantitative estimate of drug-likeness (QED) is 0.460. The van der Waals surface area contributed by atoms with Crippen LogP contribution in [0.5, 0.6) is 0 Å². The summed E-state index contributed by atoms with van der Waals surface area (Å²) < 4.78 is 37.6. The summed E-state index contributed by atoms with van der Waals surface area (Å²) in [5, 5.41) is 10.3. The second-order valence-electron chi connectivity index (χ2n) is 7.22. The first-order valence-corrected chi connectivity index (χ1v) is 11.7. The average molecular weight is 403 g/mol. The van der Waals surface area contributed by atoms with Crippen molar-refractivity contribution in [3.63, 3.8) is 0 Å². The summed E-state index contributed by atoms with van der Waals surface area (Å²) in [6.07, 6.45) is 5.13. The van der Waals surface area contributed by atoms with E-state index in [0.717, 1.165) is 57.1 Å². The van der Waals surface area contributed by atoms with Crippen molar-refractivity contribution in [1.82, 2.24) is 4.90 Å². The highest BCUT2D eigenvalue weighted by molar-refractivity contribution is 7.92. The van der Waals surface area contributed by atoms with Gasteiger partial charge in [0.2, 0.25) is 10.0 Å². The van der Waals surface area contributed by atoms with Crippen molar-refractivity contribution in [3.8, 4) is 0 Å². The maximum atomic E-state index is 12.8. The highest BCUT2D eigenvalue weighted by atomic mass is 32.2. The number of anilines is 1. The number of unbranched alkanes of at least 4 members (excludes halogenated alkanes) is 2. The van der Waals surface area contributed by atoms with Crippen LogP contribution in [0.2, 0.25) is 0 Å². The largest absolute Gasteiger partial charge is 0.388 e. The predicted octanol–water partition coefficient (Wildman–Crippen LogP) is 4.11. The fourth-order valence-electron chi connectivity index (χ4n) is 3.03. The lowest BCUT2D eigenvalue weighted by Gasteiger charge is -2.21. The highest BCUT2D eigenvalue weighted by Crippen LogP contribution is 2.21. The Bertz CT molecular complexity index is 621. The van der Waals surface area contributed by atoms with E-state index < -0.39 is 22.3 Å². The molecule has 0 amide bonds. The first-order chi connectivity index (χ1) is 12.7. The molecule has 1 aromatic carbocycles. The Labute approximate surface area is 164 Å². The summed E-state index contributed by atoms with van der Waals surface area (Å²) >= 11 is 0. The van der Waals surface area contributed by atoms with Gasteiger partial charge in [0.15, 0.2) is 0 Å². The van der Waals surface area contributed by atoms with Gasteiger partial charge in [-0.3, -0.25) is 4.72 Å². The van der Waals surface area contributed by atoms with Gasteiger partial charge in [0.1, 0.15) is 0 Å². The maximum Gasteiger partial charge on any atom is 0.229 e. The highest BCUT2D eigenvalue weighted by Gasteiger charge is 2.10. The number of halogens is 1. The second-order valence-corrected chi connectivity index (χ2v) is 8.97. The Morgan fingerprint density at radius 2 is 1.70 bits per heavy atom. The first-order valence-electron chi connectivity index (χ1n) is 9.83. The van der Waals surface area contributed by atoms with Crippen LogP contribution >= 0.6 is 0 Å². The van der Waals surface area contributed by atoms with Crippen LogP contribution in [0, 0.1) is 0 Å². The van der Waals surface area contributed by atoms with Gasteiger partial charge in [-0.1, -0.05) is 31.9 Å². The Balaban J connectivity index is 2.30. The van der Waals surface area contributed by atoms with Gasteiger partial charge in [-0.2, -0.15) is 0 Å². The standard InChI is InChI=1S/C20H35FN2O3S/c1-4-23(15-7-5-6-9-17(2)21)16-8-10-20(24)18-11-13-19(14-12-18)22-27(3,25)26/h11-14,17,20,22,24H,4-10,15-16H2,1-3H3. The Morgan fingerprint density at radius 1 is 1.07 bits per heavy atom. The van der Waals surface area contributed by atoms with Crippen molar-refractivity contribution in [1.29, 1.82) is 0 Å². The molecule has 7 heteroatoms. The molecule has 1 aromatic rings. The smallest absolute Gasteiger partial charge is 0.229 e. The molecule has 0 heterocycles. The predicted molar refractivity (Wildman–Crippen MR) is 110 cm³/mol. The molecule has 0 aliphatic rings. The van der Waals surface area contributed by atoms with Gasteiger partial charge in [0.25, 0.3) is 0 Å². The lowest BCUT2D eigenvalue weighted by atomic mass is 10.0. The van der Waals surface area contributed by atoms with Crippen LogP contribution in [0.4, 0.5) is 10.1 Å². The molecule has 2 N–H and O–H groups in total. The fourth-order valence-corrected chi connectivity index (χ4v) is 3.59. The van der Waals surface area contributed by atoms with E-state index >= 15 is 0 Å². The van der Waals surface area contributed by atoms with E-state index in [1.54, 1.807) is 31.2 Å². The van der Waals surface area contributed by atoms with Gasteiger partial charge in [-0.25, -0.2) is 12.8 Å². The van der Waals surface area contributed by atoms with Gasteiger partial charge in [-0.05, 0) is 69.9 Å². The summed E-state index contributed by atoms with van der Waals surface area (Å²) in [6, 6.07) is 6.83. The first kappa shape index (κ1) is 23.9. The van der Waals surface area contributed by atoms with Crippen LogP contribution in [0.25, 0.3) is 0 Å². The Morgan fingerprint density at radius 3 is 2.26 bits per heavy atom. The Kier molecular flexibility index (Phi) is 10.9. The van der Waals surface area contributed by atoms with Crippen molar-refractivity contribution in [2.75, 3.05) is 30.6 Å². The molecule has 2 unspecified atom stereocenters. The van der Waals surface area contributed by atoms with E-state index in [4.69, 9.17) is 0 Å². The molecule has 0 spiro atoms. The number of aliphatic hydroxyl groups excluding tert-OH is 1. The minimum absolute atomic E-state index is 0.493. The number of benzene rings is 1. The van der Waals surface area contributed by atoms with Gasteiger partial charge >= 0.3 is 0 Å². The zero-order valence-corrected chi connectivity index (χ0v) is 17.6. The van der Waals surface area contributed by atoms with E-state index in [0.29, 0.717) is 18.5 Å². The summed E-state index contributed by atoms with van der Waals surface area (Å²) in [5.41, 5.74) is 1.28. The van der Waals surface area contributed by atoms with Gasteiger partial charge in [-0.15, -0.1) is 0 Å². The molecular formula is C20H35FN2O3S. The summed E-state index contributed by atoms with van der Waals surface area (Å²) in [7, 11) is -3.29. The number of hydrogen-bond acceptors (Lipinski definition) is 4. The van der Waals surface area contributed by atoms with Crippen LogP contribution in [-0.2, 0) is 10.0 Å². The number of nitrogens with one attached hydrogen (secondary N) is 1. The molecule has 0 saturated carbocycles. The number of nitrogens with zero attached hydrogens (tertiary/aromatic N) is 1. The van der Waals surface area contributed by atoms with Crippen molar-refractivity contribution >= 4 is 15.7 Å². The fraction of sp³-hybridized carbons (Fsp3) is 0.700. The number of rotatable bonds is 14. The molecule has 5 nitrogen and oxygen atoms in total. The van der Waals surface area contributed by atoms with Gasteiger partial charge in [0, 0.05) is 5.69 Å². The number of hydrogen-bond donors (Lipinski definition) is 2. The molecule has 0 radical (unpaired) electrons. The lowest BCUT2D eigenvalue weighted by molar-refractivity contribution is 0.155. The lowest BCUT2D eigenvalue weighted by Crippen LogP contribution is -2.26. The molecule has 2 atom stereocenters. The second kappa shape index (κ2) is 12.3. The van der Waals surface area contributed by atoms with Crippen molar-refractivity contribution in [3.05, 3.63) is 29.8 Å². The van der Waals surface area contributed by atoms with Crippen molar-refractivity contribution in [2.45, 2.75) is 64.6 Å². The van der Waals surface area contributed by atoms with Crippen LogP contribution in [0.15, 0.2) is 24.3 Å². The molecule has 27 heavy (non-hydrogen) atoms. The van der Waals surface area contributed by atoms with E-state index in [1.165, 1.54) is 0 Å². The third-order valence-electron chi connectivity index (χ3n) is 4.57. The van der Waals surface area contributed by atoms with E-state index in [1.807, 2.05) is 0 Å². The molecular weight excluding hydrogens is 367 g/mol. The third-order valence-corrected chi connectivity index (χ3v) is 5.18. The average Bonchev–Trinajstić information content (AvgIpc) is 2.58. The number of aliphatic hydroxyl groups is 1. The van der Waals surface area contributed by atoms with E-state index in [2.05, 4.69) is 16.5 Å². The minimum Gasteiger partial charge on any atom is -0.388 e. The zero-order chi connectivity index (χ0) is 20.3. The molecule has 0 aliphatic heterocycles. The van der Waals surface area contributed by atoms with E-state index in [9.17, 15) is 17.9 Å². The maximum absolute atomic E-state index is 12.8. The number of alkyl halides is 1. The van der Waals surface area contributed by atoms with Gasteiger partial charge in [0.05, 0.1) is 18.5 Å². The third kappa shape index (κ3) is 11.3. The molecule has 0 aromatic heterocycles. The topological polar surface area (TPSA) is 69.6 Å². The zero-order valence-electron chi connectivity index (χ0n) is 16.8. The Hall–Kier alpha value is -1.18. The van der Waals surface area contributed by atoms with Crippen LogP contribution in [0.3, 0.4) is 0 Å². The molecule has 0 bridgehead atoms. The summed E-state index contributed by atoms with van der Waals surface area (Å²) in [4.78, 5) is 2.37. The van der Waals surface area contributed by atoms with Crippen LogP contribution < -0.4 is 4.72 Å². The molecule has 0 fully saturated rings. The monoisotopic (exact) mass is 402 g/mol. The van der Waals surface area contributed by atoms with Crippen molar-refractivity contribution < 1.29 is 17.9 Å². The van der Waals surface area contributed by atoms with E-state index in [-0.39, 0.29) is 0 Å². The van der Waals surface area contributed by atoms with Gasteiger partial charge < -0.3 is 10.0 Å². The molecule has 1 rings (SSSR count).